The van der Waals surface area contributed by atoms with Crippen LogP contribution >= 0.6 is 27.5 Å². The molecule has 4 nitrogen and oxygen atoms in total. The van der Waals surface area contributed by atoms with Gasteiger partial charge in [0.15, 0.2) is 0 Å². The number of benzene rings is 1. The highest BCUT2D eigenvalue weighted by molar-refractivity contribution is 9.10. The van der Waals surface area contributed by atoms with Gasteiger partial charge in [-0.2, -0.15) is 0 Å². The molecule has 1 aromatic carbocycles. The summed E-state index contributed by atoms with van der Waals surface area (Å²) in [6.07, 6.45) is 4.57. The van der Waals surface area contributed by atoms with Gasteiger partial charge in [0.05, 0.1) is 36.6 Å². The minimum Gasteiger partial charge on any atom is -0.381 e. The minimum atomic E-state index is -0.0918. The van der Waals surface area contributed by atoms with Gasteiger partial charge < -0.3 is 15.0 Å². The second-order valence-corrected chi connectivity index (χ2v) is 6.22. The molecular weight excluding hydrogens is 342 g/mol. The molecule has 1 aromatic heterocycles. The molecule has 1 aliphatic rings. The molecule has 3 rings (SSSR count). The van der Waals surface area contributed by atoms with Gasteiger partial charge >= 0.3 is 0 Å². The van der Waals surface area contributed by atoms with Gasteiger partial charge in [0.1, 0.15) is 0 Å². The van der Waals surface area contributed by atoms with Crippen molar-refractivity contribution in [2.45, 2.75) is 12.5 Å². The summed E-state index contributed by atoms with van der Waals surface area (Å²) in [7, 11) is 0. The van der Waals surface area contributed by atoms with Crippen LogP contribution < -0.4 is 5.73 Å². The molecule has 1 fully saturated rings. The Labute approximate surface area is 131 Å². The van der Waals surface area contributed by atoms with Crippen molar-refractivity contribution in [2.75, 3.05) is 13.2 Å². The molecule has 2 N–H and O–H groups in total. The number of hydrogen-bond donors (Lipinski definition) is 1. The van der Waals surface area contributed by atoms with Crippen molar-refractivity contribution < 1.29 is 4.74 Å². The van der Waals surface area contributed by atoms with E-state index in [4.69, 9.17) is 22.1 Å². The highest BCUT2D eigenvalue weighted by atomic mass is 79.9. The van der Waals surface area contributed by atoms with Crippen molar-refractivity contribution in [3.05, 3.63) is 45.9 Å². The first kappa shape index (κ1) is 14.1. The van der Waals surface area contributed by atoms with Gasteiger partial charge in [-0.3, -0.25) is 0 Å². The van der Waals surface area contributed by atoms with E-state index < -0.39 is 0 Å². The van der Waals surface area contributed by atoms with Crippen LogP contribution in [0.3, 0.4) is 0 Å². The molecular formula is C14H15BrClN3O. The molecule has 1 saturated heterocycles. The smallest absolute Gasteiger partial charge is 0.0995 e. The van der Waals surface area contributed by atoms with Gasteiger partial charge in [-0.1, -0.05) is 11.6 Å². The van der Waals surface area contributed by atoms with Crippen LogP contribution in [0.4, 0.5) is 0 Å². The summed E-state index contributed by atoms with van der Waals surface area (Å²) in [4.78, 5) is 4.24. The molecule has 0 bridgehead atoms. The molecule has 106 valence electrons. The lowest BCUT2D eigenvalue weighted by molar-refractivity contribution is 0.180. The molecule has 1 aliphatic heterocycles. The van der Waals surface area contributed by atoms with Gasteiger partial charge in [0, 0.05) is 22.0 Å². The third-order valence-electron chi connectivity index (χ3n) is 3.65. The zero-order valence-corrected chi connectivity index (χ0v) is 13.1. The first-order valence-corrected chi connectivity index (χ1v) is 7.65. The Balaban J connectivity index is 1.99. The number of nitrogens with two attached hydrogens (primary N) is 1. The van der Waals surface area contributed by atoms with Crippen LogP contribution in [0.25, 0.3) is 5.69 Å². The van der Waals surface area contributed by atoms with Crippen LogP contribution in [0, 0.1) is 5.92 Å². The Kier molecular flexibility index (Phi) is 4.12. The Morgan fingerprint density at radius 2 is 2.35 bits per heavy atom. The van der Waals surface area contributed by atoms with E-state index in [1.807, 2.05) is 29.0 Å². The fraction of sp³-hybridized carbons (Fsp3) is 0.357. The number of aromatic nitrogens is 2. The molecule has 2 aromatic rings. The van der Waals surface area contributed by atoms with E-state index in [1.54, 1.807) is 6.33 Å². The van der Waals surface area contributed by atoms with Crippen molar-refractivity contribution in [3.63, 3.8) is 0 Å². The molecule has 0 aliphatic carbocycles. The average molecular weight is 357 g/mol. The molecule has 2 unspecified atom stereocenters. The number of ether oxygens (including phenoxy) is 1. The topological polar surface area (TPSA) is 53.1 Å². The monoisotopic (exact) mass is 355 g/mol. The summed E-state index contributed by atoms with van der Waals surface area (Å²) in [5.74, 6) is 0.336. The quantitative estimate of drug-likeness (QED) is 0.918. The molecule has 0 radical (unpaired) electrons. The minimum absolute atomic E-state index is 0.0918. The maximum absolute atomic E-state index is 6.38. The van der Waals surface area contributed by atoms with Crippen molar-refractivity contribution in [1.82, 2.24) is 9.55 Å². The van der Waals surface area contributed by atoms with E-state index in [0.717, 1.165) is 28.9 Å². The largest absolute Gasteiger partial charge is 0.381 e. The highest BCUT2D eigenvalue weighted by Gasteiger charge is 2.26. The van der Waals surface area contributed by atoms with Gasteiger partial charge in [-0.05, 0) is 40.5 Å². The maximum Gasteiger partial charge on any atom is 0.0995 e. The Morgan fingerprint density at radius 3 is 3.10 bits per heavy atom. The van der Waals surface area contributed by atoms with E-state index in [2.05, 4.69) is 20.9 Å². The van der Waals surface area contributed by atoms with E-state index in [-0.39, 0.29) is 6.04 Å². The standard InChI is InChI=1S/C14H15BrClN3O/c15-11-2-1-10(16)5-12(11)19-8-18-6-13(19)14(17)9-3-4-20-7-9/h1-2,5-6,8-9,14H,3-4,7,17H2. The zero-order chi connectivity index (χ0) is 14.1. The third-order valence-corrected chi connectivity index (χ3v) is 4.55. The van der Waals surface area contributed by atoms with Crippen LogP contribution in [-0.4, -0.2) is 22.8 Å². The molecule has 2 atom stereocenters. The summed E-state index contributed by atoms with van der Waals surface area (Å²) >= 11 is 9.63. The predicted octanol–water partition coefficient (Wildman–Crippen LogP) is 3.32. The predicted molar refractivity (Wildman–Crippen MR) is 82.1 cm³/mol. The van der Waals surface area contributed by atoms with Gasteiger partial charge in [0.2, 0.25) is 0 Å². The van der Waals surface area contributed by atoms with Crippen LogP contribution in [0.2, 0.25) is 5.02 Å². The maximum atomic E-state index is 6.38. The van der Waals surface area contributed by atoms with E-state index in [0.29, 0.717) is 17.5 Å². The summed E-state index contributed by atoms with van der Waals surface area (Å²) < 4.78 is 8.36. The second-order valence-electron chi connectivity index (χ2n) is 4.93. The lowest BCUT2D eigenvalue weighted by atomic mass is 9.97. The number of hydrogen-bond acceptors (Lipinski definition) is 3. The number of halogens is 2. The summed E-state index contributed by atoms with van der Waals surface area (Å²) in [5.41, 5.74) is 8.30. The molecule has 20 heavy (non-hydrogen) atoms. The van der Waals surface area contributed by atoms with Gasteiger partial charge in [-0.25, -0.2) is 4.98 Å². The number of nitrogens with zero attached hydrogens (tertiary/aromatic N) is 2. The summed E-state index contributed by atoms with van der Waals surface area (Å²) in [5, 5.41) is 0.681. The number of rotatable bonds is 3. The highest BCUT2D eigenvalue weighted by Crippen LogP contribution is 2.31. The lowest BCUT2D eigenvalue weighted by Crippen LogP contribution is -2.24. The summed E-state index contributed by atoms with van der Waals surface area (Å²) in [6.45, 7) is 1.50. The van der Waals surface area contributed by atoms with Crippen molar-refractivity contribution >= 4 is 27.5 Å². The molecule has 0 spiro atoms. The van der Waals surface area contributed by atoms with Crippen molar-refractivity contribution in [2.24, 2.45) is 11.7 Å². The lowest BCUT2D eigenvalue weighted by Gasteiger charge is -2.20. The molecule has 6 heteroatoms. The van der Waals surface area contributed by atoms with Crippen LogP contribution in [0.15, 0.2) is 35.2 Å². The first-order chi connectivity index (χ1) is 9.66. The first-order valence-electron chi connectivity index (χ1n) is 6.48. The molecule has 0 saturated carbocycles. The van der Waals surface area contributed by atoms with E-state index in [9.17, 15) is 0 Å². The average Bonchev–Trinajstić information content (AvgIpc) is 3.11. The van der Waals surface area contributed by atoms with E-state index in [1.165, 1.54) is 0 Å². The van der Waals surface area contributed by atoms with Crippen molar-refractivity contribution in [3.8, 4) is 5.69 Å². The Hall–Kier alpha value is -0.880. The summed E-state index contributed by atoms with van der Waals surface area (Å²) in [6, 6.07) is 5.57. The van der Waals surface area contributed by atoms with Crippen LogP contribution in [0.1, 0.15) is 18.2 Å². The normalized spacial score (nSPS) is 20.2. The third kappa shape index (κ3) is 2.63. The Morgan fingerprint density at radius 1 is 1.50 bits per heavy atom. The Bertz CT molecular complexity index is 610. The van der Waals surface area contributed by atoms with Crippen LogP contribution in [0.5, 0.6) is 0 Å². The fourth-order valence-electron chi connectivity index (χ4n) is 2.50. The molecule has 2 heterocycles. The van der Waals surface area contributed by atoms with E-state index >= 15 is 0 Å². The number of imidazole rings is 1. The fourth-order valence-corrected chi connectivity index (χ4v) is 3.11. The van der Waals surface area contributed by atoms with Crippen molar-refractivity contribution in [1.29, 1.82) is 0 Å². The molecule has 0 amide bonds. The van der Waals surface area contributed by atoms with Gasteiger partial charge in [0.25, 0.3) is 0 Å². The zero-order valence-electron chi connectivity index (χ0n) is 10.8. The second kappa shape index (κ2) is 5.85. The SMILES string of the molecule is NC(c1cncn1-c1cc(Cl)ccc1Br)C1CCOC1. The van der Waals surface area contributed by atoms with Crippen LogP contribution in [-0.2, 0) is 4.74 Å². The van der Waals surface area contributed by atoms with Gasteiger partial charge in [-0.15, -0.1) is 0 Å².